The first-order valence-electron chi connectivity index (χ1n) is 11.8. The van der Waals surface area contributed by atoms with Gasteiger partial charge in [0.2, 0.25) is 5.91 Å². The molecule has 3 heteroatoms. The molecule has 2 bridgehead atoms. The van der Waals surface area contributed by atoms with Gasteiger partial charge in [-0.2, -0.15) is 0 Å². The summed E-state index contributed by atoms with van der Waals surface area (Å²) >= 11 is 0. The van der Waals surface area contributed by atoms with Crippen LogP contribution in [0.5, 0.6) is 0 Å². The molecule has 1 heterocycles. The van der Waals surface area contributed by atoms with Crippen LogP contribution in [0.3, 0.4) is 0 Å². The summed E-state index contributed by atoms with van der Waals surface area (Å²) in [5, 5.41) is 0. The van der Waals surface area contributed by atoms with Crippen molar-refractivity contribution in [3.8, 4) is 0 Å². The Bertz CT molecular complexity index is 981. The summed E-state index contributed by atoms with van der Waals surface area (Å²) in [6.45, 7) is 3.22. The molecule has 2 atom stereocenters. The van der Waals surface area contributed by atoms with E-state index in [1.54, 1.807) is 0 Å². The molecule has 0 radical (unpaired) electrons. The second kappa shape index (κ2) is 8.91. The number of rotatable bonds is 7. The zero-order chi connectivity index (χ0) is 22.0. The van der Waals surface area contributed by atoms with Gasteiger partial charge in [0, 0.05) is 19.6 Å². The predicted octanol–water partition coefficient (Wildman–Crippen LogP) is 5.01. The number of amides is 1. The van der Waals surface area contributed by atoms with Crippen molar-refractivity contribution in [2.75, 3.05) is 13.1 Å². The molecule has 2 fully saturated rings. The van der Waals surface area contributed by atoms with Gasteiger partial charge >= 0.3 is 0 Å². The molecule has 0 spiro atoms. The number of likely N-dealkylation sites (tertiary alicyclic amines) is 1. The maximum Gasteiger partial charge on any atom is 0.232 e. The summed E-state index contributed by atoms with van der Waals surface area (Å²) in [6.07, 6.45) is 3.29. The summed E-state index contributed by atoms with van der Waals surface area (Å²) in [6, 6.07) is 31.2. The summed E-state index contributed by atoms with van der Waals surface area (Å²) < 4.78 is 0. The zero-order valence-corrected chi connectivity index (χ0v) is 18.6. The van der Waals surface area contributed by atoms with Crippen molar-refractivity contribution < 1.29 is 4.79 Å². The van der Waals surface area contributed by atoms with E-state index in [0.717, 1.165) is 37.2 Å². The van der Waals surface area contributed by atoms with Gasteiger partial charge in [-0.05, 0) is 53.7 Å². The number of hydrogen-bond acceptors (Lipinski definition) is 2. The fourth-order valence-corrected chi connectivity index (χ4v) is 6.32. The van der Waals surface area contributed by atoms with Gasteiger partial charge < -0.3 is 5.73 Å². The van der Waals surface area contributed by atoms with Crippen LogP contribution < -0.4 is 5.73 Å². The lowest BCUT2D eigenvalue weighted by molar-refractivity contribution is -0.123. The summed E-state index contributed by atoms with van der Waals surface area (Å²) in [5.41, 5.74) is 8.88. The van der Waals surface area contributed by atoms with Gasteiger partial charge in [0.25, 0.3) is 0 Å². The van der Waals surface area contributed by atoms with E-state index in [1.165, 1.54) is 18.4 Å². The van der Waals surface area contributed by atoms with Gasteiger partial charge in [0.05, 0.1) is 5.41 Å². The van der Waals surface area contributed by atoms with E-state index < -0.39 is 5.41 Å². The van der Waals surface area contributed by atoms with E-state index in [9.17, 15) is 4.79 Å². The average Bonchev–Trinajstić information content (AvgIpc) is 3.06. The number of carbonyl (C=O) groups is 1. The van der Waals surface area contributed by atoms with Crippen LogP contribution in [0, 0.1) is 17.8 Å². The number of hydrogen-bond donors (Lipinski definition) is 1. The van der Waals surface area contributed by atoms with E-state index in [0.29, 0.717) is 17.8 Å². The minimum atomic E-state index is -0.782. The number of fused-ring (bicyclic) bond motifs is 2. The molecular formula is C29H32N2O. The molecule has 1 aliphatic carbocycles. The molecule has 164 valence electrons. The van der Waals surface area contributed by atoms with E-state index >= 15 is 0 Å². The predicted molar refractivity (Wildman–Crippen MR) is 129 cm³/mol. The van der Waals surface area contributed by atoms with Crippen molar-refractivity contribution in [3.05, 3.63) is 108 Å². The van der Waals surface area contributed by atoms with Crippen LogP contribution in [0.25, 0.3) is 0 Å². The number of benzene rings is 3. The lowest BCUT2D eigenvalue weighted by atomic mass is 9.65. The molecule has 1 saturated carbocycles. The van der Waals surface area contributed by atoms with E-state index in [4.69, 9.17) is 5.73 Å². The molecular weight excluding hydrogens is 392 g/mol. The molecule has 3 aromatic carbocycles. The summed E-state index contributed by atoms with van der Waals surface area (Å²) in [7, 11) is 0. The highest BCUT2D eigenvalue weighted by molar-refractivity contribution is 5.90. The Morgan fingerprint density at radius 1 is 0.781 bits per heavy atom. The molecule has 32 heavy (non-hydrogen) atoms. The summed E-state index contributed by atoms with van der Waals surface area (Å²) in [4.78, 5) is 15.9. The molecule has 0 aromatic heterocycles. The Labute approximate surface area is 191 Å². The molecule has 3 aromatic rings. The molecule has 5 rings (SSSR count). The SMILES string of the molecule is NC(=O)C(CC1C2CCC1CN(Cc1ccccc1)C2)(c1ccccc1)c1ccccc1. The van der Waals surface area contributed by atoms with E-state index in [-0.39, 0.29) is 5.91 Å². The average molecular weight is 425 g/mol. The van der Waals surface area contributed by atoms with Crippen LogP contribution in [0.1, 0.15) is 36.0 Å². The van der Waals surface area contributed by atoms with Crippen molar-refractivity contribution in [2.45, 2.75) is 31.2 Å². The van der Waals surface area contributed by atoms with E-state index in [2.05, 4.69) is 59.5 Å². The van der Waals surface area contributed by atoms with Crippen molar-refractivity contribution in [2.24, 2.45) is 23.5 Å². The number of carbonyl (C=O) groups excluding carboxylic acids is 1. The Morgan fingerprint density at radius 2 is 1.25 bits per heavy atom. The lowest BCUT2D eigenvalue weighted by Gasteiger charge is -2.43. The zero-order valence-electron chi connectivity index (χ0n) is 18.6. The summed E-state index contributed by atoms with van der Waals surface area (Å²) in [5.74, 6) is 1.50. The Kier molecular flexibility index (Phi) is 5.84. The van der Waals surface area contributed by atoms with Gasteiger partial charge in [-0.1, -0.05) is 91.0 Å². The smallest absolute Gasteiger partial charge is 0.232 e. The molecule has 1 aliphatic heterocycles. The molecule has 2 unspecified atom stereocenters. The minimum absolute atomic E-state index is 0.235. The molecule has 2 aliphatic rings. The van der Waals surface area contributed by atoms with Crippen molar-refractivity contribution in [3.63, 3.8) is 0 Å². The fourth-order valence-electron chi connectivity index (χ4n) is 6.32. The quantitative estimate of drug-likeness (QED) is 0.580. The highest BCUT2D eigenvalue weighted by Crippen LogP contribution is 2.50. The normalized spacial score (nSPS) is 23.2. The van der Waals surface area contributed by atoms with Crippen LogP contribution in [-0.4, -0.2) is 23.9 Å². The van der Waals surface area contributed by atoms with Crippen LogP contribution in [0.2, 0.25) is 0 Å². The highest BCUT2D eigenvalue weighted by atomic mass is 16.1. The van der Waals surface area contributed by atoms with Gasteiger partial charge in [-0.15, -0.1) is 0 Å². The van der Waals surface area contributed by atoms with Crippen LogP contribution in [0.4, 0.5) is 0 Å². The first-order valence-corrected chi connectivity index (χ1v) is 11.8. The first-order chi connectivity index (χ1) is 15.7. The minimum Gasteiger partial charge on any atom is -0.369 e. The first kappa shape index (κ1) is 21.0. The third kappa shape index (κ3) is 3.86. The van der Waals surface area contributed by atoms with E-state index in [1.807, 2.05) is 36.4 Å². The van der Waals surface area contributed by atoms with Crippen LogP contribution >= 0.6 is 0 Å². The topological polar surface area (TPSA) is 46.3 Å². The van der Waals surface area contributed by atoms with Gasteiger partial charge in [0.1, 0.15) is 0 Å². The maximum absolute atomic E-state index is 13.2. The third-order valence-corrected chi connectivity index (χ3v) is 7.85. The van der Waals surface area contributed by atoms with Crippen molar-refractivity contribution in [1.82, 2.24) is 4.90 Å². The Balaban J connectivity index is 1.44. The molecule has 2 N–H and O–H groups in total. The number of primary amides is 1. The Hall–Kier alpha value is -2.91. The number of piperidine rings is 1. The highest BCUT2D eigenvalue weighted by Gasteiger charge is 2.49. The van der Waals surface area contributed by atoms with Crippen molar-refractivity contribution in [1.29, 1.82) is 0 Å². The second-order valence-corrected chi connectivity index (χ2v) is 9.65. The molecule has 3 nitrogen and oxygen atoms in total. The van der Waals surface area contributed by atoms with Gasteiger partial charge in [-0.25, -0.2) is 0 Å². The Morgan fingerprint density at radius 3 is 1.72 bits per heavy atom. The fraction of sp³-hybridized carbons (Fsp3) is 0.345. The molecule has 1 amide bonds. The largest absolute Gasteiger partial charge is 0.369 e. The van der Waals surface area contributed by atoms with Crippen molar-refractivity contribution >= 4 is 5.91 Å². The maximum atomic E-state index is 13.2. The van der Waals surface area contributed by atoms with Gasteiger partial charge in [-0.3, -0.25) is 9.69 Å². The second-order valence-electron chi connectivity index (χ2n) is 9.65. The van der Waals surface area contributed by atoms with Gasteiger partial charge in [0.15, 0.2) is 0 Å². The molecule has 1 saturated heterocycles. The third-order valence-electron chi connectivity index (χ3n) is 7.85. The van der Waals surface area contributed by atoms with Crippen LogP contribution in [-0.2, 0) is 16.8 Å². The number of nitrogens with two attached hydrogens (primary N) is 1. The van der Waals surface area contributed by atoms with Crippen LogP contribution in [0.15, 0.2) is 91.0 Å². The number of nitrogens with zero attached hydrogens (tertiary/aromatic N) is 1. The standard InChI is InChI=1S/C29H32N2O/c30-28(32)29(25-12-6-2-7-13-25,26-14-8-3-9-15-26)18-27-23-16-17-24(27)21-31(20-23)19-22-10-4-1-5-11-22/h1-15,23-24,27H,16-21H2,(H2,30,32). The lowest BCUT2D eigenvalue weighted by Crippen LogP contribution is -2.48. The monoisotopic (exact) mass is 424 g/mol.